The number of carboxylic acid groups (broad SMARTS) is 1. The average molecular weight is 473 g/mol. The lowest BCUT2D eigenvalue weighted by atomic mass is 9.95. The van der Waals surface area contributed by atoms with Crippen LogP contribution in [0.3, 0.4) is 0 Å². The van der Waals surface area contributed by atoms with Gasteiger partial charge in [0.15, 0.2) is 0 Å². The summed E-state index contributed by atoms with van der Waals surface area (Å²) in [5.41, 5.74) is 0.193. The average Bonchev–Trinajstić information content (AvgIpc) is 3.03. The van der Waals surface area contributed by atoms with Gasteiger partial charge in [0.25, 0.3) is 17.4 Å². The van der Waals surface area contributed by atoms with Crippen molar-refractivity contribution < 1.29 is 29.5 Å². The van der Waals surface area contributed by atoms with Gasteiger partial charge in [-0.3, -0.25) is 24.5 Å². The first kappa shape index (κ1) is 23.9. The Balaban J connectivity index is 2.02. The normalized spacial score (nSPS) is 17.4. The lowest BCUT2D eigenvalue weighted by Gasteiger charge is -2.25. The van der Waals surface area contributed by atoms with E-state index in [0.29, 0.717) is 29.8 Å². The fraction of sp³-hybridized carbons (Fsp3) is 0.261. The number of carbonyl (C=O) groups is 3. The van der Waals surface area contributed by atoms with Crippen LogP contribution in [-0.4, -0.2) is 44.2 Å². The fourth-order valence-electron chi connectivity index (χ4n) is 3.76. The van der Waals surface area contributed by atoms with Crippen LogP contribution in [0.4, 0.5) is 5.69 Å². The van der Waals surface area contributed by atoms with Crippen molar-refractivity contribution in [3.05, 3.63) is 80.4 Å². The summed E-state index contributed by atoms with van der Waals surface area (Å²) in [5.74, 6) is -3.06. The highest BCUT2D eigenvalue weighted by atomic mass is 35.5. The summed E-state index contributed by atoms with van der Waals surface area (Å²) in [6.45, 7) is 0.120. The zero-order chi connectivity index (χ0) is 24.1. The van der Waals surface area contributed by atoms with Crippen molar-refractivity contribution in [1.29, 1.82) is 0 Å². The molecule has 10 heteroatoms. The Morgan fingerprint density at radius 3 is 2.39 bits per heavy atom. The van der Waals surface area contributed by atoms with Crippen molar-refractivity contribution in [3.63, 3.8) is 0 Å². The molecule has 0 spiro atoms. The molecule has 2 aromatic rings. The van der Waals surface area contributed by atoms with Crippen molar-refractivity contribution in [2.24, 2.45) is 0 Å². The summed E-state index contributed by atoms with van der Waals surface area (Å²) < 4.78 is 0. The van der Waals surface area contributed by atoms with Crippen LogP contribution in [0.5, 0.6) is 0 Å². The minimum atomic E-state index is -1.03. The third-order valence-corrected chi connectivity index (χ3v) is 5.60. The number of carbonyl (C=O) groups excluding carboxylic acids is 2. The predicted molar refractivity (Wildman–Crippen MR) is 120 cm³/mol. The van der Waals surface area contributed by atoms with Gasteiger partial charge in [0.2, 0.25) is 0 Å². The van der Waals surface area contributed by atoms with Gasteiger partial charge in [-0.05, 0) is 42.7 Å². The Kier molecular flexibility index (Phi) is 7.44. The number of benzene rings is 2. The lowest BCUT2D eigenvalue weighted by Crippen LogP contribution is -2.30. The SMILES string of the molecule is O=C(O)CCCCCN1C(=O)C(=O)C(=C(O)c2ccc(Cl)cc2)[C@H]1c1cccc([N+](=O)[O-])c1. The minimum Gasteiger partial charge on any atom is -0.507 e. The van der Waals surface area contributed by atoms with Gasteiger partial charge in [0, 0.05) is 35.7 Å². The molecule has 0 radical (unpaired) electrons. The number of rotatable bonds is 9. The summed E-state index contributed by atoms with van der Waals surface area (Å²) >= 11 is 5.90. The fourth-order valence-corrected chi connectivity index (χ4v) is 3.89. The molecule has 1 atom stereocenters. The van der Waals surface area contributed by atoms with Gasteiger partial charge in [-0.1, -0.05) is 30.2 Å². The van der Waals surface area contributed by atoms with E-state index in [1.165, 1.54) is 47.4 Å². The molecule has 1 aliphatic rings. The Morgan fingerprint density at radius 2 is 1.76 bits per heavy atom. The second-order valence-corrected chi connectivity index (χ2v) is 7.99. The minimum absolute atomic E-state index is 0.0102. The van der Waals surface area contributed by atoms with Gasteiger partial charge in [0.1, 0.15) is 5.76 Å². The highest BCUT2D eigenvalue weighted by molar-refractivity contribution is 6.46. The second kappa shape index (κ2) is 10.3. The molecule has 2 aromatic carbocycles. The number of aliphatic hydroxyl groups excluding tert-OH is 1. The van der Waals surface area contributed by atoms with Crippen molar-refractivity contribution in [2.45, 2.75) is 31.7 Å². The molecule has 1 saturated heterocycles. The van der Waals surface area contributed by atoms with Crippen molar-refractivity contribution in [3.8, 4) is 0 Å². The number of halogens is 1. The number of likely N-dealkylation sites (tertiary alicyclic amines) is 1. The van der Waals surface area contributed by atoms with Gasteiger partial charge in [-0.2, -0.15) is 0 Å². The monoisotopic (exact) mass is 472 g/mol. The number of nitro benzene ring substituents is 1. The summed E-state index contributed by atoms with van der Waals surface area (Å²) in [6, 6.07) is 10.6. The Morgan fingerprint density at radius 1 is 1.06 bits per heavy atom. The van der Waals surface area contributed by atoms with Gasteiger partial charge in [0.05, 0.1) is 16.5 Å². The highest BCUT2D eigenvalue weighted by Crippen LogP contribution is 2.40. The van der Waals surface area contributed by atoms with E-state index in [2.05, 4.69) is 0 Å². The smallest absolute Gasteiger partial charge is 0.303 e. The third-order valence-electron chi connectivity index (χ3n) is 5.34. The zero-order valence-electron chi connectivity index (χ0n) is 17.4. The lowest BCUT2D eigenvalue weighted by molar-refractivity contribution is -0.384. The molecule has 0 unspecified atom stereocenters. The largest absolute Gasteiger partial charge is 0.507 e. The summed E-state index contributed by atoms with van der Waals surface area (Å²) in [5, 5.41) is 31.4. The highest BCUT2D eigenvalue weighted by Gasteiger charge is 2.46. The molecule has 172 valence electrons. The van der Waals surface area contributed by atoms with E-state index >= 15 is 0 Å². The Hall–Kier alpha value is -3.72. The first-order valence-corrected chi connectivity index (χ1v) is 10.6. The quantitative estimate of drug-likeness (QED) is 0.138. The van der Waals surface area contributed by atoms with Gasteiger partial charge < -0.3 is 15.1 Å². The molecule has 0 bridgehead atoms. The number of nitrogens with zero attached hydrogens (tertiary/aromatic N) is 2. The molecule has 3 rings (SSSR count). The van der Waals surface area contributed by atoms with E-state index in [0.717, 1.165) is 0 Å². The van der Waals surface area contributed by atoms with E-state index < -0.39 is 34.4 Å². The van der Waals surface area contributed by atoms with Crippen LogP contribution in [0, 0.1) is 10.1 Å². The maximum absolute atomic E-state index is 12.9. The first-order chi connectivity index (χ1) is 15.7. The summed E-state index contributed by atoms with van der Waals surface area (Å²) in [6.07, 6.45) is 1.33. The van der Waals surface area contributed by atoms with E-state index in [-0.39, 0.29) is 29.8 Å². The maximum Gasteiger partial charge on any atom is 0.303 e. The number of hydrogen-bond donors (Lipinski definition) is 2. The van der Waals surface area contributed by atoms with Gasteiger partial charge in [-0.25, -0.2) is 0 Å². The number of amides is 1. The van der Waals surface area contributed by atoms with Crippen LogP contribution in [-0.2, 0) is 14.4 Å². The van der Waals surface area contributed by atoms with E-state index in [4.69, 9.17) is 16.7 Å². The number of carboxylic acids is 1. The number of nitro groups is 1. The number of non-ortho nitro benzene ring substituents is 1. The molecule has 0 aromatic heterocycles. The predicted octanol–water partition coefficient (Wildman–Crippen LogP) is 4.31. The molecule has 1 amide bonds. The molecule has 0 aliphatic carbocycles. The van der Waals surface area contributed by atoms with Crippen LogP contribution in [0.1, 0.15) is 42.9 Å². The number of aliphatic carboxylic acids is 1. The Bertz CT molecular complexity index is 1130. The number of Topliss-reactive ketones (excluding diaryl/α,β-unsaturated/α-hetero) is 1. The van der Waals surface area contributed by atoms with Crippen molar-refractivity contribution in [1.82, 2.24) is 4.90 Å². The second-order valence-electron chi connectivity index (χ2n) is 7.56. The van der Waals surface area contributed by atoms with Crippen LogP contribution in [0.15, 0.2) is 54.1 Å². The zero-order valence-corrected chi connectivity index (χ0v) is 18.2. The summed E-state index contributed by atoms with van der Waals surface area (Å²) in [7, 11) is 0. The number of ketones is 1. The van der Waals surface area contributed by atoms with Crippen LogP contribution >= 0.6 is 11.6 Å². The maximum atomic E-state index is 12.9. The molecule has 0 saturated carbocycles. The van der Waals surface area contributed by atoms with Crippen LogP contribution in [0.2, 0.25) is 5.02 Å². The molecule has 1 heterocycles. The van der Waals surface area contributed by atoms with E-state index in [9.17, 15) is 29.6 Å². The number of unbranched alkanes of at least 4 members (excludes halogenated alkanes) is 2. The molecule has 2 N–H and O–H groups in total. The van der Waals surface area contributed by atoms with Crippen LogP contribution in [0.25, 0.3) is 5.76 Å². The van der Waals surface area contributed by atoms with Gasteiger partial charge >= 0.3 is 5.97 Å². The molecular formula is C23H21ClN2O7. The van der Waals surface area contributed by atoms with E-state index in [1.54, 1.807) is 6.07 Å². The number of hydrogen-bond acceptors (Lipinski definition) is 6. The standard InChI is InChI=1S/C23H21ClN2O7/c24-16-10-8-14(9-11-16)21(29)19-20(15-5-4-6-17(13-15)26(32)33)25(23(31)22(19)30)12-3-1-2-7-18(27)28/h4-6,8-11,13,20,29H,1-3,7,12H2,(H,27,28)/t20-/m1/s1. The molecular weight excluding hydrogens is 452 g/mol. The topological polar surface area (TPSA) is 138 Å². The third kappa shape index (κ3) is 5.38. The van der Waals surface area contributed by atoms with Crippen LogP contribution < -0.4 is 0 Å². The van der Waals surface area contributed by atoms with Crippen molar-refractivity contribution >= 4 is 40.7 Å². The molecule has 1 aliphatic heterocycles. The van der Waals surface area contributed by atoms with Crippen molar-refractivity contribution in [2.75, 3.05) is 6.54 Å². The molecule has 33 heavy (non-hydrogen) atoms. The Labute approximate surface area is 194 Å². The molecule has 1 fully saturated rings. The number of aliphatic hydroxyl groups is 1. The summed E-state index contributed by atoms with van der Waals surface area (Å²) in [4.78, 5) is 48.5. The molecule has 9 nitrogen and oxygen atoms in total. The van der Waals surface area contributed by atoms with E-state index in [1.807, 2.05) is 0 Å². The first-order valence-electron chi connectivity index (χ1n) is 10.2. The van der Waals surface area contributed by atoms with Gasteiger partial charge in [-0.15, -0.1) is 0 Å².